The summed E-state index contributed by atoms with van der Waals surface area (Å²) >= 11 is 0. The van der Waals surface area contributed by atoms with Crippen molar-refractivity contribution in [2.45, 2.75) is 51.7 Å². The van der Waals surface area contributed by atoms with Crippen molar-refractivity contribution in [3.8, 4) is 0 Å². The van der Waals surface area contributed by atoms with Gasteiger partial charge in [-0.1, -0.05) is 44.2 Å². The third kappa shape index (κ3) is 2.66. The number of aryl methyl sites for hydroxylation is 1. The second-order valence-corrected chi connectivity index (χ2v) is 5.62. The van der Waals surface area contributed by atoms with E-state index in [1.54, 1.807) is 0 Å². The lowest BCUT2D eigenvalue weighted by molar-refractivity contribution is 0.261. The van der Waals surface area contributed by atoms with E-state index in [-0.39, 0.29) is 6.61 Å². The SMILES string of the molecule is OCc1nc2ccccc2n1CCC1CCCCC1. The lowest BCUT2D eigenvalue weighted by atomic mass is 9.87. The van der Waals surface area contributed by atoms with Gasteiger partial charge in [0.1, 0.15) is 12.4 Å². The Labute approximate surface area is 114 Å². The molecule has 3 rings (SSSR count). The van der Waals surface area contributed by atoms with Crippen molar-refractivity contribution >= 4 is 11.0 Å². The van der Waals surface area contributed by atoms with Gasteiger partial charge in [-0.25, -0.2) is 4.98 Å². The Balaban J connectivity index is 1.78. The van der Waals surface area contributed by atoms with E-state index in [9.17, 15) is 5.11 Å². The van der Waals surface area contributed by atoms with Crippen LogP contribution in [0.25, 0.3) is 11.0 Å². The standard InChI is InChI=1S/C16H22N2O/c19-12-16-17-14-8-4-5-9-15(14)18(16)11-10-13-6-2-1-3-7-13/h4-5,8-9,13,19H,1-3,6-7,10-12H2. The minimum absolute atomic E-state index is 0.0271. The van der Waals surface area contributed by atoms with Crippen LogP contribution in [0.1, 0.15) is 44.3 Å². The molecule has 0 aliphatic heterocycles. The Bertz CT molecular complexity index is 541. The molecular weight excluding hydrogens is 236 g/mol. The molecule has 102 valence electrons. The van der Waals surface area contributed by atoms with Gasteiger partial charge in [-0.2, -0.15) is 0 Å². The highest BCUT2D eigenvalue weighted by molar-refractivity contribution is 5.75. The van der Waals surface area contributed by atoms with Gasteiger partial charge in [0.05, 0.1) is 11.0 Å². The van der Waals surface area contributed by atoms with Gasteiger partial charge in [-0.15, -0.1) is 0 Å². The number of nitrogens with zero attached hydrogens (tertiary/aromatic N) is 2. The predicted molar refractivity (Wildman–Crippen MR) is 76.8 cm³/mol. The Kier molecular flexibility index (Phi) is 3.83. The predicted octanol–water partition coefficient (Wildman–Crippen LogP) is 3.50. The molecule has 3 nitrogen and oxygen atoms in total. The van der Waals surface area contributed by atoms with Crippen LogP contribution in [0.2, 0.25) is 0 Å². The topological polar surface area (TPSA) is 38.1 Å². The van der Waals surface area contributed by atoms with E-state index >= 15 is 0 Å². The quantitative estimate of drug-likeness (QED) is 0.911. The second kappa shape index (κ2) is 5.74. The average molecular weight is 258 g/mol. The summed E-state index contributed by atoms with van der Waals surface area (Å²) in [6, 6.07) is 8.16. The molecule has 0 bridgehead atoms. The van der Waals surface area contributed by atoms with Crippen molar-refractivity contribution in [1.82, 2.24) is 9.55 Å². The number of imidazole rings is 1. The van der Waals surface area contributed by atoms with Gasteiger partial charge in [-0.3, -0.25) is 0 Å². The Hall–Kier alpha value is -1.35. The summed E-state index contributed by atoms with van der Waals surface area (Å²) in [6.45, 7) is 1.01. The minimum Gasteiger partial charge on any atom is -0.388 e. The summed E-state index contributed by atoms with van der Waals surface area (Å²) < 4.78 is 2.20. The Morgan fingerprint density at radius 1 is 1.16 bits per heavy atom. The van der Waals surface area contributed by atoms with Gasteiger partial charge in [-0.05, 0) is 24.5 Å². The van der Waals surface area contributed by atoms with E-state index in [1.165, 1.54) is 38.5 Å². The molecule has 1 aliphatic rings. The molecule has 0 spiro atoms. The largest absolute Gasteiger partial charge is 0.388 e. The normalized spacial score (nSPS) is 17.1. The fourth-order valence-corrected chi connectivity index (χ4v) is 3.28. The van der Waals surface area contributed by atoms with Crippen LogP contribution < -0.4 is 0 Å². The highest BCUT2D eigenvalue weighted by Crippen LogP contribution is 2.27. The zero-order valence-corrected chi connectivity index (χ0v) is 11.4. The third-order valence-corrected chi connectivity index (χ3v) is 4.36. The van der Waals surface area contributed by atoms with Crippen LogP contribution in [0.4, 0.5) is 0 Å². The third-order valence-electron chi connectivity index (χ3n) is 4.36. The summed E-state index contributed by atoms with van der Waals surface area (Å²) in [5.41, 5.74) is 2.15. The van der Waals surface area contributed by atoms with E-state index in [4.69, 9.17) is 0 Å². The molecule has 0 unspecified atom stereocenters. The summed E-state index contributed by atoms with van der Waals surface area (Å²) in [5.74, 6) is 1.67. The first kappa shape index (κ1) is 12.7. The number of aliphatic hydroxyl groups is 1. The average Bonchev–Trinajstić information content (AvgIpc) is 2.84. The lowest BCUT2D eigenvalue weighted by Gasteiger charge is -2.22. The van der Waals surface area contributed by atoms with Crippen LogP contribution >= 0.6 is 0 Å². The lowest BCUT2D eigenvalue weighted by Crippen LogP contribution is -2.11. The second-order valence-electron chi connectivity index (χ2n) is 5.62. The summed E-state index contributed by atoms with van der Waals surface area (Å²) in [4.78, 5) is 4.51. The summed E-state index contributed by atoms with van der Waals surface area (Å²) in [5, 5.41) is 9.47. The number of aromatic nitrogens is 2. The minimum atomic E-state index is 0.0271. The van der Waals surface area contributed by atoms with Gasteiger partial charge >= 0.3 is 0 Å². The number of aliphatic hydroxyl groups excluding tert-OH is 1. The van der Waals surface area contributed by atoms with Gasteiger partial charge in [0.15, 0.2) is 0 Å². The molecule has 1 aliphatic carbocycles. The van der Waals surface area contributed by atoms with Crippen molar-refractivity contribution < 1.29 is 5.11 Å². The summed E-state index contributed by atoms with van der Waals surface area (Å²) in [7, 11) is 0. The van der Waals surface area contributed by atoms with Crippen LogP contribution in [-0.4, -0.2) is 14.7 Å². The van der Waals surface area contributed by atoms with Gasteiger partial charge in [0.25, 0.3) is 0 Å². The maximum atomic E-state index is 9.47. The van der Waals surface area contributed by atoms with Crippen LogP contribution in [0.5, 0.6) is 0 Å². The number of hydrogen-bond donors (Lipinski definition) is 1. The first-order valence-corrected chi connectivity index (χ1v) is 7.43. The van der Waals surface area contributed by atoms with E-state index in [0.29, 0.717) is 0 Å². The molecule has 1 fully saturated rings. The molecule has 1 aromatic heterocycles. The van der Waals surface area contributed by atoms with E-state index < -0.39 is 0 Å². The van der Waals surface area contributed by atoms with Gasteiger partial charge < -0.3 is 9.67 Å². The molecular formula is C16H22N2O. The zero-order valence-electron chi connectivity index (χ0n) is 11.4. The molecule has 0 amide bonds. The van der Waals surface area contributed by atoms with Crippen molar-refractivity contribution in [1.29, 1.82) is 0 Å². The van der Waals surface area contributed by atoms with Crippen molar-refractivity contribution in [3.05, 3.63) is 30.1 Å². The maximum Gasteiger partial charge on any atom is 0.135 e. The molecule has 0 atom stereocenters. The van der Waals surface area contributed by atoms with Crippen LogP contribution in [0.15, 0.2) is 24.3 Å². The zero-order chi connectivity index (χ0) is 13.1. The molecule has 3 heteroatoms. The fraction of sp³-hybridized carbons (Fsp3) is 0.562. The van der Waals surface area contributed by atoms with Crippen LogP contribution in [-0.2, 0) is 13.2 Å². The number of para-hydroxylation sites is 2. The van der Waals surface area contributed by atoms with E-state index in [2.05, 4.69) is 15.6 Å². The molecule has 1 N–H and O–H groups in total. The molecule has 0 radical (unpaired) electrons. The van der Waals surface area contributed by atoms with Gasteiger partial charge in [0, 0.05) is 6.54 Å². The highest BCUT2D eigenvalue weighted by Gasteiger charge is 2.15. The molecule has 1 saturated carbocycles. The maximum absolute atomic E-state index is 9.47. The van der Waals surface area contributed by atoms with Crippen molar-refractivity contribution in [2.24, 2.45) is 5.92 Å². The molecule has 1 heterocycles. The fourth-order valence-electron chi connectivity index (χ4n) is 3.28. The van der Waals surface area contributed by atoms with E-state index in [1.807, 2.05) is 18.2 Å². The van der Waals surface area contributed by atoms with Crippen LogP contribution in [0.3, 0.4) is 0 Å². The first-order chi connectivity index (χ1) is 9.38. The number of rotatable bonds is 4. The smallest absolute Gasteiger partial charge is 0.135 e. The summed E-state index contributed by atoms with van der Waals surface area (Å²) in [6.07, 6.45) is 8.16. The molecule has 1 aromatic carbocycles. The highest BCUT2D eigenvalue weighted by atomic mass is 16.3. The first-order valence-electron chi connectivity index (χ1n) is 7.43. The number of benzene rings is 1. The van der Waals surface area contributed by atoms with Crippen molar-refractivity contribution in [2.75, 3.05) is 0 Å². The monoisotopic (exact) mass is 258 g/mol. The Morgan fingerprint density at radius 3 is 2.74 bits per heavy atom. The number of hydrogen-bond acceptors (Lipinski definition) is 2. The molecule has 2 aromatic rings. The van der Waals surface area contributed by atoms with Crippen LogP contribution in [0, 0.1) is 5.92 Å². The van der Waals surface area contributed by atoms with Crippen molar-refractivity contribution in [3.63, 3.8) is 0 Å². The van der Waals surface area contributed by atoms with E-state index in [0.717, 1.165) is 29.3 Å². The Morgan fingerprint density at radius 2 is 1.95 bits per heavy atom. The van der Waals surface area contributed by atoms with Gasteiger partial charge in [0.2, 0.25) is 0 Å². The number of fused-ring (bicyclic) bond motifs is 1. The molecule has 19 heavy (non-hydrogen) atoms. The molecule has 0 saturated heterocycles.